The van der Waals surface area contributed by atoms with Crippen molar-refractivity contribution in [1.82, 2.24) is 4.90 Å². The van der Waals surface area contributed by atoms with Crippen molar-refractivity contribution >= 4 is 0 Å². The lowest BCUT2D eigenvalue weighted by atomic mass is 10.0. The Bertz CT molecular complexity index is 477. The SMILES string of the molecule is COc1cc(CN(C)CCC(N)C(C)C)cc2c1OCO2. The van der Waals surface area contributed by atoms with Crippen molar-refractivity contribution in [3.63, 3.8) is 0 Å². The van der Waals surface area contributed by atoms with E-state index in [4.69, 9.17) is 19.9 Å². The normalized spacial score (nSPS) is 14.8. The number of fused-ring (bicyclic) bond motifs is 1. The summed E-state index contributed by atoms with van der Waals surface area (Å²) >= 11 is 0. The highest BCUT2D eigenvalue weighted by Gasteiger charge is 2.20. The third-order valence-electron chi connectivity index (χ3n) is 3.87. The highest BCUT2D eigenvalue weighted by Crippen LogP contribution is 2.41. The summed E-state index contributed by atoms with van der Waals surface area (Å²) in [6, 6.07) is 4.27. The molecule has 1 unspecified atom stereocenters. The number of methoxy groups -OCH3 is 1. The molecule has 5 nitrogen and oxygen atoms in total. The Morgan fingerprint density at radius 3 is 2.76 bits per heavy atom. The number of benzene rings is 1. The molecular weight excluding hydrogens is 268 g/mol. The molecule has 0 saturated heterocycles. The van der Waals surface area contributed by atoms with Crippen LogP contribution in [0.2, 0.25) is 0 Å². The third kappa shape index (κ3) is 4.02. The summed E-state index contributed by atoms with van der Waals surface area (Å²) in [6.07, 6.45) is 0.996. The van der Waals surface area contributed by atoms with Gasteiger partial charge < -0.3 is 24.8 Å². The molecule has 0 aliphatic carbocycles. The predicted molar refractivity (Wildman–Crippen MR) is 82.9 cm³/mol. The molecule has 1 heterocycles. The summed E-state index contributed by atoms with van der Waals surface area (Å²) in [5, 5.41) is 0. The maximum atomic E-state index is 6.09. The van der Waals surface area contributed by atoms with Gasteiger partial charge in [-0.3, -0.25) is 0 Å². The van der Waals surface area contributed by atoms with Gasteiger partial charge in [0.15, 0.2) is 11.5 Å². The summed E-state index contributed by atoms with van der Waals surface area (Å²) in [5.74, 6) is 2.71. The van der Waals surface area contributed by atoms with Crippen LogP contribution < -0.4 is 19.9 Å². The Kier molecular flexibility index (Phi) is 5.31. The Morgan fingerprint density at radius 2 is 2.10 bits per heavy atom. The van der Waals surface area contributed by atoms with Crippen LogP contribution >= 0.6 is 0 Å². The number of nitrogens with two attached hydrogens (primary N) is 1. The molecule has 1 aliphatic heterocycles. The molecule has 0 spiro atoms. The fourth-order valence-electron chi connectivity index (χ4n) is 2.37. The number of hydrogen-bond acceptors (Lipinski definition) is 5. The van der Waals surface area contributed by atoms with Crippen LogP contribution in [0.5, 0.6) is 17.2 Å². The van der Waals surface area contributed by atoms with E-state index in [1.54, 1.807) is 7.11 Å². The molecule has 1 aliphatic rings. The van der Waals surface area contributed by atoms with Crippen LogP contribution in [0.1, 0.15) is 25.8 Å². The predicted octanol–water partition coefficient (Wildman–Crippen LogP) is 2.23. The van der Waals surface area contributed by atoms with Crippen LogP contribution in [-0.2, 0) is 6.54 Å². The Hall–Kier alpha value is -1.46. The molecule has 2 rings (SSSR count). The number of ether oxygens (including phenoxy) is 3. The van der Waals surface area contributed by atoms with Crippen molar-refractivity contribution in [3.05, 3.63) is 17.7 Å². The van der Waals surface area contributed by atoms with Crippen LogP contribution in [0.15, 0.2) is 12.1 Å². The highest BCUT2D eigenvalue weighted by molar-refractivity contribution is 5.55. The van der Waals surface area contributed by atoms with E-state index in [9.17, 15) is 0 Å². The van der Waals surface area contributed by atoms with Crippen LogP contribution in [0.4, 0.5) is 0 Å². The van der Waals surface area contributed by atoms with Gasteiger partial charge in [-0.15, -0.1) is 0 Å². The lowest BCUT2D eigenvalue weighted by Crippen LogP contribution is -2.31. The van der Waals surface area contributed by atoms with Gasteiger partial charge in [0, 0.05) is 12.6 Å². The summed E-state index contributed by atoms with van der Waals surface area (Å²) in [4.78, 5) is 2.26. The maximum Gasteiger partial charge on any atom is 0.231 e. The summed E-state index contributed by atoms with van der Waals surface area (Å²) in [7, 11) is 3.75. The third-order valence-corrected chi connectivity index (χ3v) is 3.87. The second-order valence-electron chi connectivity index (χ2n) is 5.97. The second-order valence-corrected chi connectivity index (χ2v) is 5.97. The number of hydrogen-bond donors (Lipinski definition) is 1. The summed E-state index contributed by atoms with van der Waals surface area (Å²) in [5.41, 5.74) is 7.24. The van der Waals surface area contributed by atoms with E-state index >= 15 is 0 Å². The van der Waals surface area contributed by atoms with Crippen molar-refractivity contribution < 1.29 is 14.2 Å². The van der Waals surface area contributed by atoms with Gasteiger partial charge in [-0.1, -0.05) is 13.8 Å². The van der Waals surface area contributed by atoms with Gasteiger partial charge in [0.1, 0.15) is 0 Å². The highest BCUT2D eigenvalue weighted by atomic mass is 16.7. The van der Waals surface area contributed by atoms with E-state index in [-0.39, 0.29) is 12.8 Å². The Labute approximate surface area is 127 Å². The Balaban J connectivity index is 1.96. The molecule has 0 radical (unpaired) electrons. The average molecular weight is 294 g/mol. The molecule has 0 saturated carbocycles. The zero-order valence-corrected chi connectivity index (χ0v) is 13.4. The fraction of sp³-hybridized carbons (Fsp3) is 0.625. The molecule has 0 fully saturated rings. The number of rotatable bonds is 7. The molecule has 0 amide bonds. The molecule has 21 heavy (non-hydrogen) atoms. The zero-order valence-electron chi connectivity index (χ0n) is 13.4. The lowest BCUT2D eigenvalue weighted by Gasteiger charge is -2.21. The van der Waals surface area contributed by atoms with Gasteiger partial charge in [-0.25, -0.2) is 0 Å². The van der Waals surface area contributed by atoms with Crippen LogP contribution in [0.3, 0.4) is 0 Å². The quantitative estimate of drug-likeness (QED) is 0.835. The van der Waals surface area contributed by atoms with Gasteiger partial charge >= 0.3 is 0 Å². The standard InChI is InChI=1S/C16H26N2O3/c1-11(2)13(17)5-6-18(3)9-12-7-14(19-4)16-15(8-12)20-10-21-16/h7-8,11,13H,5-6,9-10,17H2,1-4H3. The summed E-state index contributed by atoms with van der Waals surface area (Å²) < 4.78 is 16.2. The first kappa shape index (κ1) is 15.9. The first-order chi connectivity index (χ1) is 10.0. The number of nitrogens with zero attached hydrogens (tertiary/aromatic N) is 1. The molecule has 5 heteroatoms. The van der Waals surface area contributed by atoms with E-state index in [1.165, 1.54) is 0 Å². The lowest BCUT2D eigenvalue weighted by molar-refractivity contribution is 0.171. The largest absolute Gasteiger partial charge is 0.493 e. The zero-order chi connectivity index (χ0) is 15.4. The average Bonchev–Trinajstić information content (AvgIpc) is 2.91. The van der Waals surface area contributed by atoms with Gasteiger partial charge in [0.2, 0.25) is 12.5 Å². The maximum absolute atomic E-state index is 6.09. The minimum absolute atomic E-state index is 0.249. The fourth-order valence-corrected chi connectivity index (χ4v) is 2.37. The molecule has 0 bridgehead atoms. The topological polar surface area (TPSA) is 57.0 Å². The van der Waals surface area contributed by atoms with E-state index in [2.05, 4.69) is 25.8 Å². The van der Waals surface area contributed by atoms with E-state index in [0.717, 1.165) is 36.6 Å². The monoisotopic (exact) mass is 294 g/mol. The second kappa shape index (κ2) is 7.00. The minimum Gasteiger partial charge on any atom is -0.493 e. The first-order valence-electron chi connectivity index (χ1n) is 7.42. The first-order valence-corrected chi connectivity index (χ1v) is 7.42. The smallest absolute Gasteiger partial charge is 0.231 e. The van der Waals surface area contributed by atoms with E-state index < -0.39 is 0 Å². The molecular formula is C16H26N2O3. The molecule has 1 aromatic carbocycles. The van der Waals surface area contributed by atoms with Gasteiger partial charge in [0.05, 0.1) is 7.11 Å². The van der Waals surface area contributed by atoms with Gasteiger partial charge in [-0.05, 0) is 43.6 Å². The van der Waals surface area contributed by atoms with Crippen molar-refractivity contribution in [1.29, 1.82) is 0 Å². The summed E-state index contributed by atoms with van der Waals surface area (Å²) in [6.45, 7) is 6.38. The molecule has 1 atom stereocenters. The van der Waals surface area contributed by atoms with Crippen LogP contribution in [0, 0.1) is 5.92 Å². The van der Waals surface area contributed by atoms with Crippen molar-refractivity contribution in [2.45, 2.75) is 32.9 Å². The van der Waals surface area contributed by atoms with Crippen molar-refractivity contribution in [2.24, 2.45) is 11.7 Å². The van der Waals surface area contributed by atoms with Crippen LogP contribution in [0.25, 0.3) is 0 Å². The van der Waals surface area contributed by atoms with Crippen LogP contribution in [-0.4, -0.2) is 38.4 Å². The molecule has 0 aromatic heterocycles. The molecule has 2 N–H and O–H groups in total. The van der Waals surface area contributed by atoms with E-state index in [1.807, 2.05) is 12.1 Å². The van der Waals surface area contributed by atoms with Crippen molar-refractivity contribution in [3.8, 4) is 17.2 Å². The molecule has 1 aromatic rings. The molecule has 118 valence electrons. The van der Waals surface area contributed by atoms with Gasteiger partial charge in [0.25, 0.3) is 0 Å². The Morgan fingerprint density at radius 1 is 1.33 bits per heavy atom. The van der Waals surface area contributed by atoms with Gasteiger partial charge in [-0.2, -0.15) is 0 Å². The van der Waals surface area contributed by atoms with E-state index in [0.29, 0.717) is 11.7 Å². The van der Waals surface area contributed by atoms with Crippen molar-refractivity contribution in [2.75, 3.05) is 27.5 Å². The minimum atomic E-state index is 0.249.